The summed E-state index contributed by atoms with van der Waals surface area (Å²) in [5.74, 6) is 0. The number of aromatic nitrogens is 3. The molecule has 0 radical (unpaired) electrons. The predicted octanol–water partition coefficient (Wildman–Crippen LogP) is 2.89. The maximum absolute atomic E-state index is 4.43. The molecule has 6 heteroatoms. The number of nitrogens with one attached hydrogen (secondary N) is 2. The lowest BCUT2D eigenvalue weighted by atomic mass is 10.1. The molecule has 27 heavy (non-hydrogen) atoms. The number of pyridine rings is 1. The summed E-state index contributed by atoms with van der Waals surface area (Å²) >= 11 is 0. The molecule has 6 nitrogen and oxygen atoms in total. The van der Waals surface area contributed by atoms with Crippen LogP contribution in [0.4, 0.5) is 11.4 Å². The van der Waals surface area contributed by atoms with Gasteiger partial charge in [0.05, 0.1) is 28.6 Å². The molecule has 0 unspecified atom stereocenters. The Morgan fingerprint density at radius 2 is 2.00 bits per heavy atom. The van der Waals surface area contributed by atoms with Crippen LogP contribution in [0.3, 0.4) is 0 Å². The van der Waals surface area contributed by atoms with Crippen molar-refractivity contribution in [3.05, 3.63) is 54.1 Å². The number of piperazine rings is 1. The van der Waals surface area contributed by atoms with Gasteiger partial charge in [-0.2, -0.15) is 0 Å². The summed E-state index contributed by atoms with van der Waals surface area (Å²) < 4.78 is 0. The highest BCUT2D eigenvalue weighted by Gasteiger charge is 2.45. The first-order chi connectivity index (χ1) is 13.2. The van der Waals surface area contributed by atoms with Gasteiger partial charge in [-0.3, -0.25) is 15.0 Å². The first-order valence-electron chi connectivity index (χ1n) is 9.61. The Kier molecular flexibility index (Phi) is 3.93. The largest absolute Gasteiger partial charge is 0.378 e. The van der Waals surface area contributed by atoms with Crippen LogP contribution in [0.2, 0.25) is 0 Å². The highest BCUT2D eigenvalue weighted by Crippen LogP contribution is 2.40. The summed E-state index contributed by atoms with van der Waals surface area (Å²) in [7, 11) is 0. The van der Waals surface area contributed by atoms with Gasteiger partial charge < -0.3 is 15.5 Å². The molecule has 2 aliphatic rings. The van der Waals surface area contributed by atoms with Crippen LogP contribution in [0.25, 0.3) is 11.0 Å². The molecule has 138 valence electrons. The SMILES string of the molecule is Cc1cncc(NCc2ccc3nccnc3c2)c1N1CCNC2(CC2)C1. The number of nitrogens with zero attached hydrogens (tertiary/aromatic N) is 4. The van der Waals surface area contributed by atoms with E-state index in [0.717, 1.165) is 42.9 Å². The Bertz CT molecular complexity index is 981. The molecule has 3 aromatic rings. The minimum atomic E-state index is 0.349. The van der Waals surface area contributed by atoms with Crippen molar-refractivity contribution in [1.82, 2.24) is 20.3 Å². The minimum absolute atomic E-state index is 0.349. The maximum atomic E-state index is 4.43. The molecule has 1 aliphatic heterocycles. The highest BCUT2D eigenvalue weighted by atomic mass is 15.3. The standard InChI is InChI=1S/C21H24N6/c1-15-11-22-13-19(20(15)27-9-8-26-21(14-27)4-5-21)25-12-16-2-3-17-18(10-16)24-7-6-23-17/h2-3,6-7,10-11,13,25-26H,4-5,8-9,12,14H2,1H3. The van der Waals surface area contributed by atoms with E-state index in [1.807, 2.05) is 18.5 Å². The lowest BCUT2D eigenvalue weighted by molar-refractivity contribution is 0.442. The van der Waals surface area contributed by atoms with Gasteiger partial charge >= 0.3 is 0 Å². The molecule has 2 aromatic heterocycles. The molecule has 1 aromatic carbocycles. The quantitative estimate of drug-likeness (QED) is 0.746. The Labute approximate surface area is 159 Å². The predicted molar refractivity (Wildman–Crippen MR) is 108 cm³/mol. The van der Waals surface area contributed by atoms with E-state index in [2.05, 4.69) is 49.5 Å². The van der Waals surface area contributed by atoms with Gasteiger partial charge in [-0.1, -0.05) is 6.07 Å². The van der Waals surface area contributed by atoms with E-state index in [1.165, 1.54) is 29.7 Å². The molecule has 1 saturated heterocycles. The molecule has 0 bridgehead atoms. The first-order valence-corrected chi connectivity index (χ1v) is 9.61. The fourth-order valence-electron chi connectivity index (χ4n) is 4.06. The van der Waals surface area contributed by atoms with Gasteiger partial charge in [0.15, 0.2) is 0 Å². The van der Waals surface area contributed by atoms with Crippen LogP contribution in [0.5, 0.6) is 0 Å². The second-order valence-corrected chi connectivity index (χ2v) is 7.71. The first kappa shape index (κ1) is 16.4. The summed E-state index contributed by atoms with van der Waals surface area (Å²) in [6.07, 6.45) is 9.95. The highest BCUT2D eigenvalue weighted by molar-refractivity contribution is 5.75. The van der Waals surface area contributed by atoms with E-state index in [4.69, 9.17) is 0 Å². The number of hydrogen-bond acceptors (Lipinski definition) is 6. The van der Waals surface area contributed by atoms with Crippen molar-refractivity contribution in [2.24, 2.45) is 0 Å². The Hall–Kier alpha value is -2.73. The summed E-state index contributed by atoms with van der Waals surface area (Å²) in [4.78, 5) is 15.7. The smallest absolute Gasteiger partial charge is 0.0890 e. The second kappa shape index (κ2) is 6.46. The third kappa shape index (κ3) is 3.21. The Morgan fingerprint density at radius 3 is 2.85 bits per heavy atom. The number of fused-ring (bicyclic) bond motifs is 1. The van der Waals surface area contributed by atoms with Crippen LogP contribution in [-0.2, 0) is 6.54 Å². The zero-order chi connectivity index (χ0) is 18.3. The number of rotatable bonds is 4. The second-order valence-electron chi connectivity index (χ2n) is 7.71. The van der Waals surface area contributed by atoms with Crippen molar-refractivity contribution in [2.75, 3.05) is 29.9 Å². The van der Waals surface area contributed by atoms with E-state index < -0.39 is 0 Å². The van der Waals surface area contributed by atoms with Crippen molar-refractivity contribution in [3.8, 4) is 0 Å². The van der Waals surface area contributed by atoms with Crippen LogP contribution >= 0.6 is 0 Å². The molecule has 2 N–H and O–H groups in total. The maximum Gasteiger partial charge on any atom is 0.0890 e. The molecule has 2 fully saturated rings. The molecule has 0 atom stereocenters. The Morgan fingerprint density at radius 1 is 1.15 bits per heavy atom. The van der Waals surface area contributed by atoms with E-state index in [0.29, 0.717) is 5.54 Å². The summed E-state index contributed by atoms with van der Waals surface area (Å²) in [6.45, 7) is 6.05. The van der Waals surface area contributed by atoms with Crippen molar-refractivity contribution in [3.63, 3.8) is 0 Å². The topological polar surface area (TPSA) is 66.0 Å². The lowest BCUT2D eigenvalue weighted by Crippen LogP contribution is -2.52. The van der Waals surface area contributed by atoms with Crippen LogP contribution < -0.4 is 15.5 Å². The van der Waals surface area contributed by atoms with E-state index in [1.54, 1.807) is 12.4 Å². The average molecular weight is 360 g/mol. The number of benzene rings is 1. The fraction of sp³-hybridized carbons (Fsp3) is 0.381. The third-order valence-electron chi connectivity index (χ3n) is 5.66. The van der Waals surface area contributed by atoms with Gasteiger partial charge in [0.2, 0.25) is 0 Å². The van der Waals surface area contributed by atoms with Crippen LogP contribution in [0.15, 0.2) is 43.0 Å². The van der Waals surface area contributed by atoms with Gasteiger partial charge in [-0.25, -0.2) is 0 Å². The van der Waals surface area contributed by atoms with Gasteiger partial charge in [-0.15, -0.1) is 0 Å². The summed E-state index contributed by atoms with van der Waals surface area (Å²) in [5.41, 5.74) is 7.01. The summed E-state index contributed by atoms with van der Waals surface area (Å²) in [6, 6.07) is 6.24. The number of aryl methyl sites for hydroxylation is 1. The zero-order valence-corrected chi connectivity index (χ0v) is 15.6. The van der Waals surface area contributed by atoms with Crippen LogP contribution in [0.1, 0.15) is 24.0 Å². The minimum Gasteiger partial charge on any atom is -0.378 e. The van der Waals surface area contributed by atoms with Crippen molar-refractivity contribution in [2.45, 2.75) is 31.8 Å². The van der Waals surface area contributed by atoms with Crippen LogP contribution in [-0.4, -0.2) is 40.1 Å². The number of hydrogen-bond donors (Lipinski definition) is 2. The van der Waals surface area contributed by atoms with Crippen LogP contribution in [0, 0.1) is 6.92 Å². The number of anilines is 2. The van der Waals surface area contributed by atoms with Gasteiger partial charge in [0.25, 0.3) is 0 Å². The summed E-state index contributed by atoms with van der Waals surface area (Å²) in [5, 5.41) is 7.30. The molecule has 1 aliphatic carbocycles. The van der Waals surface area contributed by atoms with Gasteiger partial charge in [0, 0.05) is 50.3 Å². The molecular formula is C21H24N6. The molecule has 5 rings (SSSR count). The molecule has 1 spiro atoms. The Balaban J connectivity index is 1.39. The van der Waals surface area contributed by atoms with Gasteiger partial charge in [0.1, 0.15) is 0 Å². The van der Waals surface area contributed by atoms with Gasteiger partial charge in [-0.05, 0) is 43.0 Å². The van der Waals surface area contributed by atoms with Crippen molar-refractivity contribution in [1.29, 1.82) is 0 Å². The van der Waals surface area contributed by atoms with Crippen molar-refractivity contribution < 1.29 is 0 Å². The fourth-order valence-corrected chi connectivity index (χ4v) is 4.06. The normalized spacial score (nSPS) is 18.0. The monoisotopic (exact) mass is 360 g/mol. The van der Waals surface area contributed by atoms with E-state index in [-0.39, 0.29) is 0 Å². The lowest BCUT2D eigenvalue weighted by Gasteiger charge is -2.37. The van der Waals surface area contributed by atoms with E-state index >= 15 is 0 Å². The van der Waals surface area contributed by atoms with E-state index in [9.17, 15) is 0 Å². The molecule has 3 heterocycles. The average Bonchev–Trinajstić information content (AvgIpc) is 3.44. The molecular weight excluding hydrogens is 336 g/mol. The third-order valence-corrected chi connectivity index (χ3v) is 5.66. The molecule has 0 amide bonds. The van der Waals surface area contributed by atoms with Crippen molar-refractivity contribution >= 4 is 22.4 Å². The zero-order valence-electron chi connectivity index (χ0n) is 15.6. The molecule has 1 saturated carbocycles.